The van der Waals surface area contributed by atoms with Gasteiger partial charge in [-0.25, -0.2) is 0 Å². The fraction of sp³-hybridized carbons (Fsp3) is 0.125. The van der Waals surface area contributed by atoms with Gasteiger partial charge in [-0.1, -0.05) is 5.16 Å². The van der Waals surface area contributed by atoms with E-state index in [1.54, 1.807) is 6.07 Å². The van der Waals surface area contributed by atoms with Crippen LogP contribution in [0.25, 0.3) is 11.4 Å². The van der Waals surface area contributed by atoms with E-state index < -0.39 is 0 Å². The van der Waals surface area contributed by atoms with E-state index in [1.165, 1.54) is 12.3 Å². The van der Waals surface area contributed by atoms with Crippen LogP contribution in [0.2, 0.25) is 0 Å². The SMILES string of the molecule is O=c1ccc(-c2noc(CCl)n2)c[nH]1. The molecule has 0 saturated carbocycles. The Balaban J connectivity index is 2.39. The highest BCUT2D eigenvalue weighted by molar-refractivity contribution is 6.16. The molecular weight excluding hydrogens is 206 g/mol. The Morgan fingerprint density at radius 1 is 1.50 bits per heavy atom. The Labute approximate surface area is 83.7 Å². The maximum absolute atomic E-state index is 10.8. The zero-order chi connectivity index (χ0) is 9.97. The topological polar surface area (TPSA) is 71.8 Å². The van der Waals surface area contributed by atoms with Crippen molar-refractivity contribution >= 4 is 11.6 Å². The Kier molecular flexibility index (Phi) is 2.32. The monoisotopic (exact) mass is 211 g/mol. The van der Waals surface area contributed by atoms with Crippen molar-refractivity contribution in [1.82, 2.24) is 15.1 Å². The lowest BCUT2D eigenvalue weighted by Crippen LogP contribution is -2.01. The molecule has 0 aliphatic rings. The lowest BCUT2D eigenvalue weighted by Gasteiger charge is -1.90. The molecule has 0 bridgehead atoms. The van der Waals surface area contributed by atoms with Crippen molar-refractivity contribution in [2.45, 2.75) is 5.88 Å². The Hall–Kier alpha value is -1.62. The fourth-order valence-corrected chi connectivity index (χ4v) is 1.08. The zero-order valence-corrected chi connectivity index (χ0v) is 7.78. The van der Waals surface area contributed by atoms with Crippen LogP contribution >= 0.6 is 11.6 Å². The summed E-state index contributed by atoms with van der Waals surface area (Å²) in [4.78, 5) is 17.3. The molecule has 6 heteroatoms. The Bertz CT molecular complexity index is 471. The molecule has 72 valence electrons. The van der Waals surface area contributed by atoms with Crippen LogP contribution in [0.3, 0.4) is 0 Å². The molecule has 0 unspecified atom stereocenters. The van der Waals surface area contributed by atoms with Gasteiger partial charge in [-0.3, -0.25) is 4.79 Å². The minimum atomic E-state index is -0.171. The Morgan fingerprint density at radius 2 is 2.36 bits per heavy atom. The number of pyridine rings is 1. The summed E-state index contributed by atoms with van der Waals surface area (Å²) in [5.74, 6) is 0.945. The smallest absolute Gasteiger partial charge is 0.247 e. The molecule has 2 heterocycles. The second kappa shape index (κ2) is 3.63. The van der Waals surface area contributed by atoms with Gasteiger partial charge in [0.15, 0.2) is 0 Å². The molecule has 0 atom stereocenters. The van der Waals surface area contributed by atoms with Crippen molar-refractivity contribution in [2.24, 2.45) is 0 Å². The first kappa shape index (κ1) is 8.96. The van der Waals surface area contributed by atoms with E-state index in [0.29, 0.717) is 17.3 Å². The summed E-state index contributed by atoms with van der Waals surface area (Å²) in [7, 11) is 0. The van der Waals surface area contributed by atoms with E-state index in [0.717, 1.165) is 0 Å². The molecule has 0 spiro atoms. The molecule has 2 aromatic heterocycles. The predicted molar refractivity (Wildman–Crippen MR) is 49.9 cm³/mol. The van der Waals surface area contributed by atoms with Crippen LogP contribution in [-0.4, -0.2) is 15.1 Å². The highest BCUT2D eigenvalue weighted by Gasteiger charge is 2.06. The van der Waals surface area contributed by atoms with Crippen molar-refractivity contribution in [1.29, 1.82) is 0 Å². The number of hydrogen-bond acceptors (Lipinski definition) is 4. The normalized spacial score (nSPS) is 10.4. The second-order valence-corrected chi connectivity index (χ2v) is 2.85. The molecule has 0 saturated heterocycles. The quantitative estimate of drug-likeness (QED) is 0.757. The maximum Gasteiger partial charge on any atom is 0.247 e. The largest absolute Gasteiger partial charge is 0.338 e. The lowest BCUT2D eigenvalue weighted by atomic mass is 10.3. The van der Waals surface area contributed by atoms with Gasteiger partial charge < -0.3 is 9.51 Å². The van der Waals surface area contributed by atoms with Crippen LogP contribution in [0.4, 0.5) is 0 Å². The number of H-pyrrole nitrogens is 1. The van der Waals surface area contributed by atoms with Gasteiger partial charge in [-0.2, -0.15) is 4.98 Å². The summed E-state index contributed by atoms with van der Waals surface area (Å²) in [6.45, 7) is 0. The van der Waals surface area contributed by atoms with E-state index in [1.807, 2.05) is 0 Å². The van der Waals surface area contributed by atoms with Gasteiger partial charge in [0.1, 0.15) is 5.88 Å². The van der Waals surface area contributed by atoms with Crippen LogP contribution in [0.5, 0.6) is 0 Å². The van der Waals surface area contributed by atoms with E-state index in [4.69, 9.17) is 16.1 Å². The van der Waals surface area contributed by atoms with Gasteiger partial charge in [0.05, 0.1) is 0 Å². The third-order valence-electron chi connectivity index (χ3n) is 1.62. The van der Waals surface area contributed by atoms with Crippen LogP contribution < -0.4 is 5.56 Å². The van der Waals surface area contributed by atoms with Crippen molar-refractivity contribution in [3.8, 4) is 11.4 Å². The first-order chi connectivity index (χ1) is 6.79. The van der Waals surface area contributed by atoms with Gasteiger partial charge in [-0.15, -0.1) is 11.6 Å². The highest BCUT2D eigenvalue weighted by atomic mass is 35.5. The molecule has 5 nitrogen and oxygen atoms in total. The molecule has 14 heavy (non-hydrogen) atoms. The minimum absolute atomic E-state index is 0.171. The van der Waals surface area contributed by atoms with Crippen LogP contribution in [0.1, 0.15) is 5.89 Å². The van der Waals surface area contributed by atoms with Gasteiger partial charge in [0, 0.05) is 17.8 Å². The van der Waals surface area contributed by atoms with Gasteiger partial charge >= 0.3 is 0 Å². The van der Waals surface area contributed by atoms with Crippen LogP contribution in [-0.2, 0) is 5.88 Å². The molecular formula is C8H6ClN3O2. The number of aromatic amines is 1. The molecule has 2 aromatic rings. The van der Waals surface area contributed by atoms with Gasteiger partial charge in [0.25, 0.3) is 0 Å². The molecule has 1 N–H and O–H groups in total. The first-order valence-corrected chi connectivity index (χ1v) is 4.41. The molecule has 0 aromatic carbocycles. The first-order valence-electron chi connectivity index (χ1n) is 3.87. The number of hydrogen-bond donors (Lipinski definition) is 1. The number of nitrogens with zero attached hydrogens (tertiary/aromatic N) is 2. The molecule has 0 fully saturated rings. The third-order valence-corrected chi connectivity index (χ3v) is 1.85. The summed E-state index contributed by atoms with van der Waals surface area (Å²) >= 11 is 5.50. The third kappa shape index (κ3) is 1.67. The number of aromatic nitrogens is 3. The molecule has 0 aliphatic carbocycles. The standard InChI is InChI=1S/C8H6ClN3O2/c9-3-7-11-8(12-14-7)5-1-2-6(13)10-4-5/h1-2,4H,3H2,(H,10,13). The maximum atomic E-state index is 10.8. The molecule has 0 aliphatic heterocycles. The van der Waals surface area contributed by atoms with Crippen LogP contribution in [0, 0.1) is 0 Å². The number of rotatable bonds is 2. The summed E-state index contributed by atoms with van der Waals surface area (Å²) in [5, 5.41) is 3.69. The molecule has 0 radical (unpaired) electrons. The van der Waals surface area contributed by atoms with E-state index in [2.05, 4.69) is 15.1 Å². The van der Waals surface area contributed by atoms with Crippen molar-refractivity contribution < 1.29 is 4.52 Å². The van der Waals surface area contributed by atoms with E-state index in [9.17, 15) is 4.79 Å². The van der Waals surface area contributed by atoms with Crippen LogP contribution in [0.15, 0.2) is 27.6 Å². The molecule has 0 amide bonds. The highest BCUT2D eigenvalue weighted by Crippen LogP contribution is 2.13. The van der Waals surface area contributed by atoms with Crippen molar-refractivity contribution in [3.05, 3.63) is 34.6 Å². The second-order valence-electron chi connectivity index (χ2n) is 2.59. The fourth-order valence-electron chi connectivity index (χ4n) is 0.976. The zero-order valence-electron chi connectivity index (χ0n) is 7.03. The van der Waals surface area contributed by atoms with Gasteiger partial charge in [-0.05, 0) is 6.07 Å². The van der Waals surface area contributed by atoms with E-state index >= 15 is 0 Å². The average Bonchev–Trinajstić information content (AvgIpc) is 2.67. The number of nitrogens with one attached hydrogen (secondary N) is 1. The molecule has 2 rings (SSSR count). The number of halogens is 1. The van der Waals surface area contributed by atoms with Gasteiger partial charge in [0.2, 0.25) is 17.3 Å². The van der Waals surface area contributed by atoms with Crippen molar-refractivity contribution in [2.75, 3.05) is 0 Å². The summed E-state index contributed by atoms with van der Waals surface area (Å²) in [5.41, 5.74) is 0.513. The minimum Gasteiger partial charge on any atom is -0.338 e. The average molecular weight is 212 g/mol. The summed E-state index contributed by atoms with van der Waals surface area (Å²) in [6, 6.07) is 3.01. The number of alkyl halides is 1. The Morgan fingerprint density at radius 3 is 2.93 bits per heavy atom. The summed E-state index contributed by atoms with van der Waals surface area (Å²) in [6.07, 6.45) is 1.52. The summed E-state index contributed by atoms with van der Waals surface area (Å²) < 4.78 is 4.81. The van der Waals surface area contributed by atoms with E-state index in [-0.39, 0.29) is 11.4 Å². The lowest BCUT2D eigenvalue weighted by molar-refractivity contribution is 0.391. The van der Waals surface area contributed by atoms with Crippen molar-refractivity contribution in [3.63, 3.8) is 0 Å². The predicted octanol–water partition coefficient (Wildman–Crippen LogP) is 1.16.